The summed E-state index contributed by atoms with van der Waals surface area (Å²) in [7, 11) is 0. The molecule has 0 amide bonds. The maximum Gasteiger partial charge on any atom is 0.197 e. The molecule has 0 radical (unpaired) electrons. The molecule has 14 heavy (non-hydrogen) atoms. The Morgan fingerprint density at radius 2 is 2.29 bits per heavy atom. The van der Waals surface area contributed by atoms with E-state index in [0.29, 0.717) is 12.3 Å². The maximum atomic E-state index is 8.75. The minimum Gasteiger partial charge on any atom is -0.445 e. The van der Waals surface area contributed by atoms with Crippen molar-refractivity contribution in [1.82, 2.24) is 4.98 Å². The molecule has 1 fully saturated rings. The van der Waals surface area contributed by atoms with Crippen LogP contribution in [0, 0.1) is 0 Å². The van der Waals surface area contributed by atoms with Crippen LogP contribution in [0.1, 0.15) is 30.4 Å². The number of aliphatic hydroxyl groups excluding tert-OH is 1. The summed E-state index contributed by atoms with van der Waals surface area (Å²) >= 11 is 2.00. The second kappa shape index (κ2) is 4.84. The normalized spacial score (nSPS) is 18.6. The van der Waals surface area contributed by atoms with E-state index in [1.54, 1.807) is 6.20 Å². The van der Waals surface area contributed by atoms with E-state index in [-0.39, 0.29) is 6.61 Å². The van der Waals surface area contributed by atoms with Gasteiger partial charge in [-0.05, 0) is 24.3 Å². The number of aliphatic hydroxyl groups is 1. The van der Waals surface area contributed by atoms with Crippen LogP contribution in [0.4, 0.5) is 0 Å². The van der Waals surface area contributed by atoms with Gasteiger partial charge < -0.3 is 9.52 Å². The zero-order valence-corrected chi connectivity index (χ0v) is 8.92. The van der Waals surface area contributed by atoms with Gasteiger partial charge in [-0.1, -0.05) is 0 Å². The van der Waals surface area contributed by atoms with Crippen LogP contribution in [0.3, 0.4) is 0 Å². The molecular weight excluding hydrogens is 198 g/mol. The van der Waals surface area contributed by atoms with Crippen molar-refractivity contribution in [2.24, 2.45) is 0 Å². The van der Waals surface area contributed by atoms with Crippen molar-refractivity contribution in [2.45, 2.75) is 25.2 Å². The summed E-state index contributed by atoms with van der Waals surface area (Å²) in [5.41, 5.74) is 0. The fourth-order valence-electron chi connectivity index (χ4n) is 1.68. The molecule has 0 atom stereocenters. The number of hydrogen-bond acceptors (Lipinski definition) is 4. The van der Waals surface area contributed by atoms with Gasteiger partial charge in [-0.25, -0.2) is 4.98 Å². The van der Waals surface area contributed by atoms with Crippen molar-refractivity contribution < 1.29 is 9.52 Å². The van der Waals surface area contributed by atoms with E-state index in [4.69, 9.17) is 9.52 Å². The molecule has 2 rings (SSSR count). The highest BCUT2D eigenvalue weighted by Crippen LogP contribution is 2.30. The molecule has 0 spiro atoms. The molecule has 1 aromatic rings. The van der Waals surface area contributed by atoms with E-state index in [1.807, 2.05) is 11.8 Å². The quantitative estimate of drug-likeness (QED) is 0.832. The van der Waals surface area contributed by atoms with Crippen molar-refractivity contribution in [3.05, 3.63) is 17.8 Å². The first kappa shape index (κ1) is 10.1. The van der Waals surface area contributed by atoms with Crippen LogP contribution in [0.5, 0.6) is 0 Å². The predicted molar refractivity (Wildman–Crippen MR) is 56.6 cm³/mol. The molecule has 1 aliphatic rings. The second-order valence-corrected chi connectivity index (χ2v) is 4.75. The highest BCUT2D eigenvalue weighted by Gasteiger charge is 2.20. The minimum absolute atomic E-state index is 0.134. The van der Waals surface area contributed by atoms with Gasteiger partial charge in [-0.2, -0.15) is 11.8 Å². The van der Waals surface area contributed by atoms with Crippen molar-refractivity contribution in [3.63, 3.8) is 0 Å². The molecule has 4 heteroatoms. The maximum absolute atomic E-state index is 8.75. The number of rotatable bonds is 3. The van der Waals surface area contributed by atoms with Crippen molar-refractivity contribution >= 4 is 11.8 Å². The average molecular weight is 213 g/mol. The Labute approximate surface area is 87.9 Å². The second-order valence-electron chi connectivity index (χ2n) is 3.53. The van der Waals surface area contributed by atoms with E-state index in [0.717, 1.165) is 11.7 Å². The smallest absolute Gasteiger partial charge is 0.197 e. The van der Waals surface area contributed by atoms with Crippen molar-refractivity contribution in [2.75, 3.05) is 18.1 Å². The van der Waals surface area contributed by atoms with Gasteiger partial charge in [-0.15, -0.1) is 0 Å². The predicted octanol–water partition coefficient (Wildman–Crippen LogP) is 1.82. The third-order valence-electron chi connectivity index (χ3n) is 2.50. The van der Waals surface area contributed by atoms with Gasteiger partial charge in [0.15, 0.2) is 5.89 Å². The van der Waals surface area contributed by atoms with Crippen LogP contribution in [0.15, 0.2) is 10.6 Å². The molecule has 0 bridgehead atoms. The first-order chi connectivity index (χ1) is 6.90. The Morgan fingerprint density at radius 1 is 1.50 bits per heavy atom. The van der Waals surface area contributed by atoms with Crippen LogP contribution < -0.4 is 0 Å². The van der Waals surface area contributed by atoms with Gasteiger partial charge in [-0.3, -0.25) is 0 Å². The van der Waals surface area contributed by atoms with Crippen LogP contribution in [0.2, 0.25) is 0 Å². The monoisotopic (exact) mass is 213 g/mol. The van der Waals surface area contributed by atoms with Gasteiger partial charge in [0.2, 0.25) is 0 Å². The molecule has 0 aromatic carbocycles. The fraction of sp³-hybridized carbons (Fsp3) is 0.700. The summed E-state index contributed by atoms with van der Waals surface area (Å²) in [5.74, 6) is 4.60. The number of hydrogen-bond donors (Lipinski definition) is 1. The van der Waals surface area contributed by atoms with E-state index < -0.39 is 0 Å². The number of thioether (sulfide) groups is 1. The minimum atomic E-state index is 0.134. The summed E-state index contributed by atoms with van der Waals surface area (Å²) in [5, 5.41) is 8.75. The van der Waals surface area contributed by atoms with E-state index >= 15 is 0 Å². The SMILES string of the molecule is OCCc1cnc(C2CCSCC2)o1. The van der Waals surface area contributed by atoms with E-state index in [2.05, 4.69) is 4.98 Å². The van der Waals surface area contributed by atoms with Gasteiger partial charge in [0.1, 0.15) is 5.76 Å². The number of aromatic nitrogens is 1. The first-order valence-electron chi connectivity index (χ1n) is 5.03. The molecule has 1 N–H and O–H groups in total. The van der Waals surface area contributed by atoms with Crippen molar-refractivity contribution in [3.8, 4) is 0 Å². The Hall–Kier alpha value is -0.480. The van der Waals surface area contributed by atoms with Gasteiger partial charge >= 0.3 is 0 Å². The summed E-state index contributed by atoms with van der Waals surface area (Å²) in [6, 6.07) is 0. The molecule has 2 heterocycles. The lowest BCUT2D eigenvalue weighted by Gasteiger charge is -2.17. The Bertz CT molecular complexity index is 281. The van der Waals surface area contributed by atoms with Crippen LogP contribution in [0.25, 0.3) is 0 Å². The fourth-order valence-corrected chi connectivity index (χ4v) is 2.79. The Kier molecular flexibility index (Phi) is 3.48. The molecule has 1 aromatic heterocycles. The third kappa shape index (κ3) is 2.30. The summed E-state index contributed by atoms with van der Waals surface area (Å²) < 4.78 is 5.58. The van der Waals surface area contributed by atoms with E-state index in [1.165, 1.54) is 24.3 Å². The summed E-state index contributed by atoms with van der Waals surface area (Å²) in [4.78, 5) is 4.27. The molecule has 0 aliphatic carbocycles. The lowest BCUT2D eigenvalue weighted by atomic mass is 10.0. The lowest BCUT2D eigenvalue weighted by molar-refractivity contribution is 0.283. The molecule has 0 unspecified atom stereocenters. The molecule has 3 nitrogen and oxygen atoms in total. The van der Waals surface area contributed by atoms with Crippen molar-refractivity contribution in [1.29, 1.82) is 0 Å². The van der Waals surface area contributed by atoms with Crippen LogP contribution >= 0.6 is 11.8 Å². The Morgan fingerprint density at radius 3 is 3.00 bits per heavy atom. The number of oxazole rings is 1. The first-order valence-corrected chi connectivity index (χ1v) is 6.19. The highest BCUT2D eigenvalue weighted by atomic mass is 32.2. The zero-order chi connectivity index (χ0) is 9.80. The van der Waals surface area contributed by atoms with Gasteiger partial charge in [0.05, 0.1) is 12.8 Å². The largest absolute Gasteiger partial charge is 0.445 e. The molecule has 1 aliphatic heterocycles. The van der Waals surface area contributed by atoms with Gasteiger partial charge in [0, 0.05) is 12.3 Å². The highest BCUT2D eigenvalue weighted by molar-refractivity contribution is 7.99. The third-order valence-corrected chi connectivity index (χ3v) is 3.55. The van der Waals surface area contributed by atoms with Crippen LogP contribution in [-0.4, -0.2) is 28.2 Å². The Balaban J connectivity index is 2.00. The summed E-state index contributed by atoms with van der Waals surface area (Å²) in [6.07, 6.45) is 4.66. The standard InChI is InChI=1S/C10H15NO2S/c12-4-1-9-7-11-10(13-9)8-2-5-14-6-3-8/h7-8,12H,1-6H2. The van der Waals surface area contributed by atoms with Gasteiger partial charge in [0.25, 0.3) is 0 Å². The molecule has 0 saturated carbocycles. The topological polar surface area (TPSA) is 46.3 Å². The molecule has 1 saturated heterocycles. The molecular formula is C10H15NO2S. The molecule has 78 valence electrons. The average Bonchev–Trinajstić information content (AvgIpc) is 2.68. The lowest BCUT2D eigenvalue weighted by Crippen LogP contribution is -2.07. The number of nitrogens with zero attached hydrogens (tertiary/aromatic N) is 1. The zero-order valence-electron chi connectivity index (χ0n) is 8.11. The summed E-state index contributed by atoms with van der Waals surface area (Å²) in [6.45, 7) is 0.134. The van der Waals surface area contributed by atoms with E-state index in [9.17, 15) is 0 Å². The van der Waals surface area contributed by atoms with Crippen LogP contribution in [-0.2, 0) is 6.42 Å².